The number of ether oxygens (including phenoxy) is 1. The molecule has 4 heteroatoms. The lowest BCUT2D eigenvalue weighted by Crippen LogP contribution is -2.28. The molecule has 0 amide bonds. The fourth-order valence-corrected chi connectivity index (χ4v) is 2.61. The minimum absolute atomic E-state index is 0.167. The first kappa shape index (κ1) is 12.5. The van der Waals surface area contributed by atoms with E-state index in [1.165, 1.54) is 0 Å². The van der Waals surface area contributed by atoms with Crippen LogP contribution in [0.2, 0.25) is 5.02 Å². The second-order valence-corrected chi connectivity index (χ2v) is 4.88. The summed E-state index contributed by atoms with van der Waals surface area (Å²) in [6.07, 6.45) is 3.17. The Morgan fingerprint density at radius 3 is 2.76 bits per heavy atom. The molecule has 0 saturated carbocycles. The van der Waals surface area contributed by atoms with Crippen molar-refractivity contribution in [2.75, 3.05) is 20.2 Å². The van der Waals surface area contributed by atoms with Crippen molar-refractivity contribution < 1.29 is 9.84 Å². The molecule has 1 aliphatic rings. The molecule has 1 aliphatic heterocycles. The smallest absolute Gasteiger partial charge is 0.165 e. The van der Waals surface area contributed by atoms with Crippen molar-refractivity contribution in [3.63, 3.8) is 0 Å². The van der Waals surface area contributed by atoms with Crippen LogP contribution in [-0.4, -0.2) is 25.3 Å². The Hall–Kier alpha value is -0.930. The topological polar surface area (TPSA) is 41.5 Å². The first-order valence-electron chi connectivity index (χ1n) is 5.97. The van der Waals surface area contributed by atoms with E-state index in [1.807, 2.05) is 0 Å². The fraction of sp³-hybridized carbons (Fsp3) is 0.538. The van der Waals surface area contributed by atoms with Gasteiger partial charge in [-0.25, -0.2) is 0 Å². The highest BCUT2D eigenvalue weighted by atomic mass is 35.5. The summed E-state index contributed by atoms with van der Waals surface area (Å²) < 4.78 is 5.25. The number of phenols is 1. The monoisotopic (exact) mass is 255 g/mol. The quantitative estimate of drug-likeness (QED) is 0.872. The zero-order valence-corrected chi connectivity index (χ0v) is 10.8. The highest BCUT2D eigenvalue weighted by Gasteiger charge is 2.19. The van der Waals surface area contributed by atoms with Gasteiger partial charge >= 0.3 is 0 Å². The van der Waals surface area contributed by atoms with Crippen LogP contribution in [0.1, 0.15) is 18.4 Å². The van der Waals surface area contributed by atoms with Crippen molar-refractivity contribution in [1.82, 2.24) is 5.32 Å². The Kier molecular flexibility index (Phi) is 4.13. The molecule has 1 fully saturated rings. The van der Waals surface area contributed by atoms with Gasteiger partial charge in [0, 0.05) is 10.6 Å². The molecule has 1 aromatic rings. The van der Waals surface area contributed by atoms with Crippen molar-refractivity contribution in [3.8, 4) is 11.5 Å². The van der Waals surface area contributed by atoms with Crippen LogP contribution in [0.5, 0.6) is 11.5 Å². The Morgan fingerprint density at radius 1 is 1.41 bits per heavy atom. The van der Waals surface area contributed by atoms with E-state index in [4.69, 9.17) is 16.3 Å². The maximum absolute atomic E-state index is 9.75. The van der Waals surface area contributed by atoms with Crippen LogP contribution >= 0.6 is 11.6 Å². The van der Waals surface area contributed by atoms with Crippen LogP contribution in [0.4, 0.5) is 0 Å². The third-order valence-electron chi connectivity index (χ3n) is 3.34. The lowest BCUT2D eigenvalue weighted by Gasteiger charge is -2.24. The molecule has 1 saturated heterocycles. The normalized spacial score (nSPS) is 17.1. The second-order valence-electron chi connectivity index (χ2n) is 4.48. The lowest BCUT2D eigenvalue weighted by atomic mass is 9.90. The highest BCUT2D eigenvalue weighted by molar-refractivity contribution is 6.31. The van der Waals surface area contributed by atoms with E-state index in [-0.39, 0.29) is 5.75 Å². The Labute approximate surface area is 107 Å². The summed E-state index contributed by atoms with van der Waals surface area (Å²) in [6, 6.07) is 3.31. The Morgan fingerprint density at radius 2 is 2.12 bits per heavy atom. The molecular formula is C13H18ClNO2. The number of hydrogen-bond acceptors (Lipinski definition) is 3. The van der Waals surface area contributed by atoms with Crippen molar-refractivity contribution in [1.29, 1.82) is 0 Å². The molecule has 0 spiro atoms. The summed E-state index contributed by atoms with van der Waals surface area (Å²) in [5, 5.41) is 13.8. The molecule has 0 aromatic heterocycles. The number of hydrogen-bond donors (Lipinski definition) is 2. The van der Waals surface area contributed by atoms with E-state index in [9.17, 15) is 5.11 Å². The summed E-state index contributed by atoms with van der Waals surface area (Å²) in [6.45, 7) is 2.12. The van der Waals surface area contributed by atoms with Gasteiger partial charge in [0.05, 0.1) is 7.11 Å². The molecular weight excluding hydrogens is 238 g/mol. The van der Waals surface area contributed by atoms with Gasteiger partial charge in [-0.3, -0.25) is 0 Å². The van der Waals surface area contributed by atoms with Crippen LogP contribution in [0.25, 0.3) is 0 Å². The molecule has 0 radical (unpaired) electrons. The van der Waals surface area contributed by atoms with E-state index in [1.54, 1.807) is 19.2 Å². The van der Waals surface area contributed by atoms with Gasteiger partial charge in [-0.1, -0.05) is 11.6 Å². The van der Waals surface area contributed by atoms with E-state index < -0.39 is 0 Å². The van der Waals surface area contributed by atoms with Crippen molar-refractivity contribution in [3.05, 3.63) is 22.7 Å². The third-order valence-corrected chi connectivity index (χ3v) is 3.69. The van der Waals surface area contributed by atoms with Gasteiger partial charge in [0.15, 0.2) is 11.5 Å². The van der Waals surface area contributed by atoms with Crippen LogP contribution in [0, 0.1) is 5.92 Å². The maximum atomic E-state index is 9.75. The summed E-state index contributed by atoms with van der Waals surface area (Å²) in [4.78, 5) is 0. The number of methoxy groups -OCH3 is 1. The molecule has 94 valence electrons. The Bertz CT molecular complexity index is 389. The number of benzene rings is 1. The average Bonchev–Trinajstić information content (AvgIpc) is 2.35. The van der Waals surface area contributed by atoms with Gasteiger partial charge in [-0.15, -0.1) is 0 Å². The predicted octanol–water partition coefficient (Wildman–Crippen LogP) is 2.60. The number of phenolic OH excluding ortho intramolecular Hbond substituents is 1. The largest absolute Gasteiger partial charge is 0.504 e. The predicted molar refractivity (Wildman–Crippen MR) is 69.0 cm³/mol. The molecule has 17 heavy (non-hydrogen) atoms. The lowest BCUT2D eigenvalue weighted by molar-refractivity contribution is 0.348. The number of nitrogens with one attached hydrogen (secondary N) is 1. The van der Waals surface area contributed by atoms with E-state index in [2.05, 4.69) is 5.32 Å². The number of rotatable bonds is 3. The molecule has 0 aliphatic carbocycles. The molecule has 0 atom stereocenters. The minimum Gasteiger partial charge on any atom is -0.504 e. The van der Waals surface area contributed by atoms with Gasteiger partial charge in [-0.2, -0.15) is 0 Å². The van der Waals surface area contributed by atoms with Crippen LogP contribution in [0.3, 0.4) is 0 Å². The minimum atomic E-state index is 0.167. The molecule has 3 nitrogen and oxygen atoms in total. The second kappa shape index (κ2) is 5.61. The van der Waals surface area contributed by atoms with Gasteiger partial charge in [0.25, 0.3) is 0 Å². The van der Waals surface area contributed by atoms with Gasteiger partial charge in [-0.05, 0) is 50.4 Å². The molecule has 2 N–H and O–H groups in total. The van der Waals surface area contributed by atoms with Crippen LogP contribution in [0.15, 0.2) is 12.1 Å². The van der Waals surface area contributed by atoms with Gasteiger partial charge < -0.3 is 15.2 Å². The van der Waals surface area contributed by atoms with Crippen molar-refractivity contribution in [2.24, 2.45) is 5.92 Å². The summed E-state index contributed by atoms with van der Waals surface area (Å²) in [7, 11) is 1.57. The highest BCUT2D eigenvalue weighted by Crippen LogP contribution is 2.37. The fourth-order valence-electron chi connectivity index (χ4n) is 2.38. The Balaban J connectivity index is 2.21. The van der Waals surface area contributed by atoms with Crippen molar-refractivity contribution >= 4 is 11.6 Å². The zero-order valence-electron chi connectivity index (χ0n) is 10.0. The first-order valence-corrected chi connectivity index (χ1v) is 6.35. The van der Waals surface area contributed by atoms with E-state index in [0.717, 1.165) is 37.9 Å². The van der Waals surface area contributed by atoms with Gasteiger partial charge in [0.1, 0.15) is 0 Å². The van der Waals surface area contributed by atoms with Gasteiger partial charge in [0.2, 0.25) is 0 Å². The van der Waals surface area contributed by atoms with Crippen molar-refractivity contribution in [2.45, 2.75) is 19.3 Å². The van der Waals surface area contributed by atoms with E-state index >= 15 is 0 Å². The molecule has 0 bridgehead atoms. The number of halogens is 1. The molecule has 0 unspecified atom stereocenters. The zero-order chi connectivity index (χ0) is 12.3. The first-order chi connectivity index (χ1) is 8.22. The maximum Gasteiger partial charge on any atom is 0.165 e. The van der Waals surface area contributed by atoms with Crippen LogP contribution in [-0.2, 0) is 6.42 Å². The summed E-state index contributed by atoms with van der Waals surface area (Å²) >= 11 is 6.19. The SMILES string of the molecule is COc1c(O)ccc(Cl)c1CC1CCNCC1. The summed E-state index contributed by atoms with van der Waals surface area (Å²) in [5.74, 6) is 1.31. The summed E-state index contributed by atoms with van der Waals surface area (Å²) in [5.41, 5.74) is 0.932. The molecule has 1 aromatic carbocycles. The molecule has 1 heterocycles. The molecule has 2 rings (SSSR count). The average molecular weight is 256 g/mol. The number of aromatic hydroxyl groups is 1. The third kappa shape index (κ3) is 2.85. The number of piperidine rings is 1. The van der Waals surface area contributed by atoms with E-state index in [0.29, 0.717) is 16.7 Å². The standard InChI is InChI=1S/C13H18ClNO2/c1-17-13-10(11(14)2-3-12(13)16)8-9-4-6-15-7-5-9/h2-3,9,15-16H,4-8H2,1H3. The van der Waals surface area contributed by atoms with Crippen LogP contribution < -0.4 is 10.1 Å².